The summed E-state index contributed by atoms with van der Waals surface area (Å²) in [5.74, 6) is 0.592. The summed E-state index contributed by atoms with van der Waals surface area (Å²) in [5.41, 5.74) is 4.85. The summed E-state index contributed by atoms with van der Waals surface area (Å²) in [5, 5.41) is 3.37. The molecule has 0 saturated carbocycles. The summed E-state index contributed by atoms with van der Waals surface area (Å²) in [6.07, 6.45) is 11.6. The maximum absolute atomic E-state index is 12.7. The number of H-pyrrole nitrogens is 1. The third-order valence-corrected chi connectivity index (χ3v) is 7.00. The number of fused-ring (bicyclic) bond motifs is 1. The van der Waals surface area contributed by atoms with Crippen molar-refractivity contribution in [3.05, 3.63) is 111 Å². The molecule has 9 heteroatoms. The topological polar surface area (TPSA) is 86.8 Å². The number of aryl methyl sites for hydroxylation is 1. The lowest BCUT2D eigenvalue weighted by Crippen LogP contribution is -2.32. The molecule has 2 N–H and O–H groups in total. The Labute approximate surface area is 219 Å². The zero-order valence-corrected chi connectivity index (χ0v) is 21.1. The number of aromatic nitrogens is 4. The zero-order chi connectivity index (χ0) is 24.9. The lowest BCUT2D eigenvalue weighted by molar-refractivity contribution is 0.0951. The molecule has 0 fully saturated rings. The Kier molecular flexibility index (Phi) is 7.60. The third-order valence-electron chi connectivity index (χ3n) is 6.42. The van der Waals surface area contributed by atoms with Gasteiger partial charge in [-0.15, -0.1) is 0 Å². The minimum atomic E-state index is -0.331. The number of benzene rings is 1. The number of hydrogen-bond acceptors (Lipinski definition) is 5. The summed E-state index contributed by atoms with van der Waals surface area (Å²) in [7, 11) is 0. The molecule has 3 heterocycles. The van der Waals surface area contributed by atoms with Gasteiger partial charge in [-0.2, -0.15) is 0 Å². The van der Waals surface area contributed by atoms with Crippen LogP contribution in [-0.4, -0.2) is 30.7 Å². The molecule has 4 aromatic rings. The lowest BCUT2D eigenvalue weighted by Gasteiger charge is -2.34. The zero-order valence-electron chi connectivity index (χ0n) is 19.6. The number of imidazole rings is 1. The van der Waals surface area contributed by atoms with Gasteiger partial charge in [-0.1, -0.05) is 53.5 Å². The van der Waals surface area contributed by atoms with Crippen LogP contribution >= 0.6 is 23.2 Å². The van der Waals surface area contributed by atoms with E-state index in [0.717, 1.165) is 48.5 Å². The van der Waals surface area contributed by atoms with Gasteiger partial charge >= 0.3 is 0 Å². The predicted molar refractivity (Wildman–Crippen MR) is 140 cm³/mol. The standard InChI is InChI=1S/C27H26Cl2N6O/c28-21-14-30-15-22(29)25(21)27(36)34-13-18-4-1-5-19(12-18)16-35(17-24-31-10-11-32-24)23-8-2-6-20-7-3-9-33-26(20)23/h1,3-5,7,9-12,14-15,23H,2,6,8,13,16-17H2,(H,31,32)(H,34,36). The SMILES string of the molecule is O=C(NCc1cccc(CN(Cc2ncc[nH]2)C2CCCc3cccnc32)c1)c1c(Cl)cncc1Cl. The van der Waals surface area contributed by atoms with Crippen molar-refractivity contribution in [3.63, 3.8) is 0 Å². The van der Waals surface area contributed by atoms with E-state index in [1.165, 1.54) is 18.0 Å². The highest BCUT2D eigenvalue weighted by Crippen LogP contribution is 2.34. The molecular formula is C27H26Cl2N6O. The Morgan fingerprint density at radius 2 is 1.89 bits per heavy atom. The van der Waals surface area contributed by atoms with Crippen LogP contribution in [-0.2, 0) is 26.1 Å². The van der Waals surface area contributed by atoms with Crippen LogP contribution in [0.3, 0.4) is 0 Å². The normalized spacial score (nSPS) is 15.0. The van der Waals surface area contributed by atoms with Gasteiger partial charge in [0, 0.05) is 44.1 Å². The Bertz CT molecular complexity index is 1320. The van der Waals surface area contributed by atoms with Crippen molar-refractivity contribution in [1.29, 1.82) is 0 Å². The number of nitrogens with one attached hydrogen (secondary N) is 2. The minimum Gasteiger partial charge on any atom is -0.348 e. The number of nitrogens with zero attached hydrogens (tertiary/aromatic N) is 4. The molecular weight excluding hydrogens is 495 g/mol. The van der Waals surface area contributed by atoms with E-state index >= 15 is 0 Å². The lowest BCUT2D eigenvalue weighted by atomic mass is 9.90. The monoisotopic (exact) mass is 520 g/mol. The predicted octanol–water partition coefficient (Wildman–Crippen LogP) is 5.52. The minimum absolute atomic E-state index is 0.208. The van der Waals surface area contributed by atoms with Gasteiger partial charge < -0.3 is 10.3 Å². The highest BCUT2D eigenvalue weighted by molar-refractivity contribution is 6.39. The molecule has 3 aromatic heterocycles. The average Bonchev–Trinajstić information content (AvgIpc) is 3.40. The van der Waals surface area contributed by atoms with Crippen LogP contribution in [0.4, 0.5) is 0 Å². The summed E-state index contributed by atoms with van der Waals surface area (Å²) < 4.78 is 0. The first-order chi connectivity index (χ1) is 17.6. The van der Waals surface area contributed by atoms with E-state index in [0.29, 0.717) is 13.1 Å². The number of rotatable bonds is 8. The maximum atomic E-state index is 12.7. The molecule has 5 rings (SSSR count). The Hall–Kier alpha value is -3.26. The number of carbonyl (C=O) groups excluding carboxylic acids is 1. The van der Waals surface area contributed by atoms with E-state index in [-0.39, 0.29) is 27.6 Å². The highest BCUT2D eigenvalue weighted by atomic mass is 35.5. The molecule has 1 amide bonds. The van der Waals surface area contributed by atoms with E-state index in [1.54, 1.807) is 6.20 Å². The fourth-order valence-electron chi connectivity index (χ4n) is 4.76. The molecule has 0 saturated heterocycles. The van der Waals surface area contributed by atoms with Gasteiger partial charge in [-0.3, -0.25) is 19.7 Å². The van der Waals surface area contributed by atoms with Crippen molar-refractivity contribution in [2.75, 3.05) is 0 Å². The second-order valence-electron chi connectivity index (χ2n) is 8.88. The van der Waals surface area contributed by atoms with Crippen molar-refractivity contribution < 1.29 is 4.79 Å². The van der Waals surface area contributed by atoms with Gasteiger partial charge in [-0.25, -0.2) is 4.98 Å². The second-order valence-corrected chi connectivity index (χ2v) is 9.69. The molecule has 7 nitrogen and oxygen atoms in total. The Morgan fingerprint density at radius 3 is 2.69 bits per heavy atom. The van der Waals surface area contributed by atoms with Crippen LogP contribution in [0.5, 0.6) is 0 Å². The molecule has 184 valence electrons. The first-order valence-corrected chi connectivity index (χ1v) is 12.6. The fourth-order valence-corrected chi connectivity index (χ4v) is 5.30. The van der Waals surface area contributed by atoms with Gasteiger partial charge in [0.05, 0.1) is 33.9 Å². The molecule has 1 atom stereocenters. The second kappa shape index (κ2) is 11.2. The molecule has 0 radical (unpaired) electrons. The van der Waals surface area contributed by atoms with Crippen molar-refractivity contribution in [2.24, 2.45) is 0 Å². The van der Waals surface area contributed by atoms with Crippen LogP contribution < -0.4 is 5.32 Å². The molecule has 0 bridgehead atoms. The molecule has 0 spiro atoms. The molecule has 1 aromatic carbocycles. The summed E-state index contributed by atoms with van der Waals surface area (Å²) in [4.78, 5) is 31.5. The third kappa shape index (κ3) is 5.59. The smallest absolute Gasteiger partial charge is 0.254 e. The fraction of sp³-hybridized carbons (Fsp3) is 0.259. The van der Waals surface area contributed by atoms with Crippen molar-refractivity contribution in [3.8, 4) is 0 Å². The molecule has 1 unspecified atom stereocenters. The summed E-state index contributed by atoms with van der Waals surface area (Å²) >= 11 is 12.3. The number of halogens is 2. The van der Waals surface area contributed by atoms with Crippen LogP contribution in [0.15, 0.2) is 67.4 Å². The van der Waals surface area contributed by atoms with Crippen LogP contribution in [0.25, 0.3) is 0 Å². The van der Waals surface area contributed by atoms with Crippen molar-refractivity contribution >= 4 is 29.1 Å². The van der Waals surface area contributed by atoms with Crippen molar-refractivity contribution in [1.82, 2.24) is 30.2 Å². The number of pyridine rings is 2. The largest absolute Gasteiger partial charge is 0.348 e. The number of amides is 1. The average molecular weight is 521 g/mol. The summed E-state index contributed by atoms with van der Waals surface area (Å²) in [6.45, 7) is 1.77. The summed E-state index contributed by atoms with van der Waals surface area (Å²) in [6, 6.07) is 12.6. The molecule has 0 aliphatic heterocycles. The number of carbonyl (C=O) groups is 1. The van der Waals surface area contributed by atoms with Gasteiger partial charge in [0.1, 0.15) is 5.82 Å². The molecule has 36 heavy (non-hydrogen) atoms. The van der Waals surface area contributed by atoms with E-state index < -0.39 is 0 Å². The quantitative estimate of drug-likeness (QED) is 0.319. The highest BCUT2D eigenvalue weighted by Gasteiger charge is 2.28. The Balaban J connectivity index is 1.33. The van der Waals surface area contributed by atoms with Crippen LogP contribution in [0.2, 0.25) is 10.0 Å². The van der Waals surface area contributed by atoms with Gasteiger partial charge in [-0.05, 0) is 42.0 Å². The molecule has 1 aliphatic carbocycles. The van der Waals surface area contributed by atoms with Crippen molar-refractivity contribution in [2.45, 2.75) is 44.9 Å². The number of hydrogen-bond donors (Lipinski definition) is 2. The Morgan fingerprint density at radius 1 is 1.06 bits per heavy atom. The first-order valence-electron chi connectivity index (χ1n) is 11.9. The van der Waals surface area contributed by atoms with Crippen LogP contribution in [0, 0.1) is 0 Å². The van der Waals surface area contributed by atoms with E-state index in [4.69, 9.17) is 28.2 Å². The first kappa shape index (κ1) is 24.4. The number of aromatic amines is 1. The van der Waals surface area contributed by atoms with Gasteiger partial charge in [0.2, 0.25) is 0 Å². The van der Waals surface area contributed by atoms with E-state index in [2.05, 4.69) is 43.4 Å². The van der Waals surface area contributed by atoms with Gasteiger partial charge in [0.15, 0.2) is 0 Å². The van der Waals surface area contributed by atoms with E-state index in [9.17, 15) is 4.79 Å². The maximum Gasteiger partial charge on any atom is 0.254 e. The van der Waals surface area contributed by atoms with E-state index in [1.807, 2.05) is 30.6 Å². The van der Waals surface area contributed by atoms with Gasteiger partial charge in [0.25, 0.3) is 5.91 Å². The van der Waals surface area contributed by atoms with Crippen LogP contribution in [0.1, 0.15) is 57.5 Å². The molecule has 1 aliphatic rings.